The number of furan rings is 1. The number of rotatable bonds is 2. The fourth-order valence-corrected chi connectivity index (χ4v) is 2.06. The maximum atomic E-state index is 11.4. The molecule has 17 heavy (non-hydrogen) atoms. The number of hydrogen-bond donors (Lipinski definition) is 1. The zero-order valence-electron chi connectivity index (χ0n) is 10.2. The van der Waals surface area contributed by atoms with E-state index in [1.54, 1.807) is 0 Å². The summed E-state index contributed by atoms with van der Waals surface area (Å²) in [6.45, 7) is 5.71. The quantitative estimate of drug-likeness (QED) is 0.859. The van der Waals surface area contributed by atoms with Crippen LogP contribution in [0.15, 0.2) is 34.7 Å². The maximum absolute atomic E-state index is 11.4. The van der Waals surface area contributed by atoms with Crippen LogP contribution in [0.25, 0.3) is 11.0 Å². The third-order valence-electron chi connectivity index (χ3n) is 2.84. The van der Waals surface area contributed by atoms with Crippen molar-refractivity contribution in [3.05, 3.63) is 36.1 Å². The molecule has 1 heterocycles. The molecule has 1 unspecified atom stereocenters. The van der Waals surface area contributed by atoms with Gasteiger partial charge in [0.25, 0.3) is 0 Å². The van der Waals surface area contributed by atoms with E-state index in [-0.39, 0.29) is 5.41 Å². The van der Waals surface area contributed by atoms with Crippen LogP contribution in [0.1, 0.15) is 32.4 Å². The summed E-state index contributed by atoms with van der Waals surface area (Å²) < 4.78 is 5.64. The molecule has 0 bridgehead atoms. The Morgan fingerprint density at radius 1 is 1.29 bits per heavy atom. The molecule has 0 radical (unpaired) electrons. The van der Waals surface area contributed by atoms with E-state index in [4.69, 9.17) is 4.42 Å². The lowest BCUT2D eigenvalue weighted by atomic mass is 9.79. The zero-order valence-corrected chi connectivity index (χ0v) is 10.2. The third kappa shape index (κ3) is 2.18. The molecule has 1 aromatic carbocycles. The van der Waals surface area contributed by atoms with Crippen molar-refractivity contribution >= 4 is 16.9 Å². The Hall–Kier alpha value is -1.77. The minimum Gasteiger partial charge on any atom is -0.481 e. The molecule has 1 aromatic heterocycles. The van der Waals surface area contributed by atoms with Crippen molar-refractivity contribution in [2.45, 2.75) is 26.7 Å². The van der Waals surface area contributed by atoms with E-state index in [1.807, 2.05) is 51.1 Å². The van der Waals surface area contributed by atoms with Crippen molar-refractivity contribution in [1.82, 2.24) is 0 Å². The number of fused-ring (bicyclic) bond motifs is 1. The number of aliphatic carboxylic acids is 1. The van der Waals surface area contributed by atoms with E-state index < -0.39 is 11.9 Å². The van der Waals surface area contributed by atoms with Crippen LogP contribution in [-0.4, -0.2) is 11.1 Å². The molecule has 0 fully saturated rings. The van der Waals surface area contributed by atoms with E-state index in [0.29, 0.717) is 5.76 Å². The van der Waals surface area contributed by atoms with Crippen LogP contribution in [0.5, 0.6) is 0 Å². The second-order valence-electron chi connectivity index (χ2n) is 5.32. The van der Waals surface area contributed by atoms with Crippen molar-refractivity contribution in [3.63, 3.8) is 0 Å². The highest BCUT2D eigenvalue weighted by molar-refractivity contribution is 5.82. The Bertz CT molecular complexity index is 513. The minimum atomic E-state index is -0.850. The van der Waals surface area contributed by atoms with E-state index in [9.17, 15) is 9.90 Å². The second kappa shape index (κ2) is 3.91. The Labute approximate surface area is 100 Å². The SMILES string of the molecule is CC(C)(C)C(C(=O)O)c1cc2ccccc2o1. The first-order chi connectivity index (χ1) is 7.89. The average Bonchev–Trinajstić information content (AvgIpc) is 2.56. The monoisotopic (exact) mass is 232 g/mol. The lowest BCUT2D eigenvalue weighted by Crippen LogP contribution is -2.25. The van der Waals surface area contributed by atoms with E-state index >= 15 is 0 Å². The van der Waals surface area contributed by atoms with E-state index in [2.05, 4.69) is 0 Å². The largest absolute Gasteiger partial charge is 0.481 e. The number of carbonyl (C=O) groups is 1. The Balaban J connectivity index is 2.53. The van der Waals surface area contributed by atoms with Gasteiger partial charge in [0.2, 0.25) is 0 Å². The van der Waals surface area contributed by atoms with Crippen LogP contribution in [-0.2, 0) is 4.79 Å². The summed E-state index contributed by atoms with van der Waals surface area (Å²) in [5.41, 5.74) is 0.359. The standard InChI is InChI=1S/C14H16O3/c1-14(2,3)12(13(15)16)11-8-9-6-4-5-7-10(9)17-11/h4-8,12H,1-3H3,(H,15,16). The van der Waals surface area contributed by atoms with Crippen molar-refractivity contribution in [2.75, 3.05) is 0 Å². The summed E-state index contributed by atoms with van der Waals surface area (Å²) in [5, 5.41) is 10.3. The molecular formula is C14H16O3. The summed E-state index contributed by atoms with van der Waals surface area (Å²) in [6, 6.07) is 9.38. The molecule has 1 atom stereocenters. The van der Waals surface area contributed by atoms with E-state index in [0.717, 1.165) is 11.0 Å². The van der Waals surface area contributed by atoms with Gasteiger partial charge in [0.1, 0.15) is 17.3 Å². The van der Waals surface area contributed by atoms with Crippen LogP contribution in [0.2, 0.25) is 0 Å². The molecule has 0 aliphatic heterocycles. The highest BCUT2D eigenvalue weighted by Crippen LogP contribution is 2.37. The highest BCUT2D eigenvalue weighted by Gasteiger charge is 2.35. The number of hydrogen-bond acceptors (Lipinski definition) is 2. The molecule has 1 N–H and O–H groups in total. The van der Waals surface area contributed by atoms with Crippen LogP contribution in [0.3, 0.4) is 0 Å². The minimum absolute atomic E-state index is 0.375. The predicted molar refractivity (Wildman–Crippen MR) is 66.0 cm³/mol. The fraction of sp³-hybridized carbons (Fsp3) is 0.357. The van der Waals surface area contributed by atoms with Gasteiger partial charge < -0.3 is 9.52 Å². The molecule has 0 aliphatic carbocycles. The second-order valence-corrected chi connectivity index (χ2v) is 5.32. The Morgan fingerprint density at radius 2 is 1.94 bits per heavy atom. The van der Waals surface area contributed by atoms with Gasteiger partial charge in [-0.2, -0.15) is 0 Å². The first-order valence-corrected chi connectivity index (χ1v) is 5.61. The van der Waals surface area contributed by atoms with Gasteiger partial charge in [-0.25, -0.2) is 0 Å². The molecular weight excluding hydrogens is 216 g/mol. The normalized spacial score (nSPS) is 13.8. The molecule has 2 aromatic rings. The average molecular weight is 232 g/mol. The van der Waals surface area contributed by atoms with Crippen molar-refractivity contribution in [1.29, 1.82) is 0 Å². The first kappa shape index (κ1) is 11.7. The van der Waals surface area contributed by atoms with Crippen molar-refractivity contribution < 1.29 is 14.3 Å². The maximum Gasteiger partial charge on any atom is 0.314 e. The smallest absolute Gasteiger partial charge is 0.314 e. The molecule has 0 spiro atoms. The van der Waals surface area contributed by atoms with Gasteiger partial charge in [-0.05, 0) is 17.5 Å². The van der Waals surface area contributed by atoms with Crippen LogP contribution in [0, 0.1) is 5.41 Å². The van der Waals surface area contributed by atoms with Crippen LogP contribution >= 0.6 is 0 Å². The van der Waals surface area contributed by atoms with E-state index in [1.165, 1.54) is 0 Å². The molecule has 0 amide bonds. The van der Waals surface area contributed by atoms with Crippen molar-refractivity contribution in [3.8, 4) is 0 Å². The Morgan fingerprint density at radius 3 is 2.47 bits per heavy atom. The van der Waals surface area contributed by atoms with Gasteiger partial charge in [0, 0.05) is 5.39 Å². The molecule has 3 nitrogen and oxygen atoms in total. The number of para-hydroxylation sites is 1. The lowest BCUT2D eigenvalue weighted by Gasteiger charge is -2.24. The van der Waals surface area contributed by atoms with Gasteiger partial charge in [-0.15, -0.1) is 0 Å². The molecule has 0 aliphatic rings. The molecule has 0 saturated heterocycles. The third-order valence-corrected chi connectivity index (χ3v) is 2.84. The van der Waals surface area contributed by atoms with Crippen molar-refractivity contribution in [2.24, 2.45) is 5.41 Å². The number of carboxylic acids is 1. The topological polar surface area (TPSA) is 50.4 Å². The van der Waals surface area contributed by atoms with Crippen LogP contribution in [0.4, 0.5) is 0 Å². The summed E-state index contributed by atoms with van der Waals surface area (Å²) in [6.07, 6.45) is 0. The molecule has 0 saturated carbocycles. The summed E-state index contributed by atoms with van der Waals surface area (Å²) in [5.74, 6) is -0.961. The van der Waals surface area contributed by atoms with Gasteiger partial charge in [0.05, 0.1) is 0 Å². The van der Waals surface area contributed by atoms with Gasteiger partial charge in [-0.3, -0.25) is 4.79 Å². The first-order valence-electron chi connectivity index (χ1n) is 5.61. The number of carboxylic acid groups (broad SMARTS) is 1. The molecule has 3 heteroatoms. The predicted octanol–water partition coefficient (Wildman–Crippen LogP) is 3.65. The van der Waals surface area contributed by atoms with Gasteiger partial charge in [0.15, 0.2) is 0 Å². The van der Waals surface area contributed by atoms with Crippen LogP contribution < -0.4 is 0 Å². The Kier molecular flexibility index (Phi) is 2.69. The molecule has 2 rings (SSSR count). The lowest BCUT2D eigenvalue weighted by molar-refractivity contribution is -0.141. The molecule has 90 valence electrons. The summed E-state index contributed by atoms with van der Waals surface area (Å²) >= 11 is 0. The fourth-order valence-electron chi connectivity index (χ4n) is 2.06. The number of benzene rings is 1. The summed E-state index contributed by atoms with van der Waals surface area (Å²) in [7, 11) is 0. The van der Waals surface area contributed by atoms with Gasteiger partial charge in [-0.1, -0.05) is 39.0 Å². The van der Waals surface area contributed by atoms with Gasteiger partial charge >= 0.3 is 5.97 Å². The summed E-state index contributed by atoms with van der Waals surface area (Å²) in [4.78, 5) is 11.4. The highest BCUT2D eigenvalue weighted by atomic mass is 16.4. The zero-order chi connectivity index (χ0) is 12.6.